The maximum Gasteiger partial charge on any atom is 0.273 e. The van der Waals surface area contributed by atoms with Crippen molar-refractivity contribution in [2.75, 3.05) is 13.2 Å². The van der Waals surface area contributed by atoms with Gasteiger partial charge in [0.15, 0.2) is 5.69 Å². The Hall–Kier alpha value is -1.36. The van der Waals surface area contributed by atoms with Crippen molar-refractivity contribution in [2.45, 2.75) is 46.1 Å². The number of carbonyl (C=O) groups excluding carboxylic acids is 1. The number of ether oxygens (including phenoxy) is 1. The number of rotatable bonds is 6. The first-order chi connectivity index (χ1) is 9.61. The van der Waals surface area contributed by atoms with Crippen LogP contribution in [0.15, 0.2) is 10.6 Å². The van der Waals surface area contributed by atoms with Crippen molar-refractivity contribution in [3.8, 4) is 0 Å². The summed E-state index contributed by atoms with van der Waals surface area (Å²) in [4.78, 5) is 12.0. The van der Waals surface area contributed by atoms with Gasteiger partial charge in [0.25, 0.3) is 5.91 Å². The highest BCUT2D eigenvalue weighted by Crippen LogP contribution is 2.26. The van der Waals surface area contributed by atoms with Crippen molar-refractivity contribution in [3.05, 3.63) is 17.5 Å². The molecule has 0 aliphatic carbocycles. The van der Waals surface area contributed by atoms with Gasteiger partial charge in [-0.2, -0.15) is 0 Å². The van der Waals surface area contributed by atoms with E-state index in [0.29, 0.717) is 24.1 Å². The topological polar surface area (TPSA) is 64.4 Å². The van der Waals surface area contributed by atoms with Crippen molar-refractivity contribution < 1.29 is 14.1 Å². The molecule has 5 heteroatoms. The molecule has 1 fully saturated rings. The Balaban J connectivity index is 1.85. The number of hydrogen-bond acceptors (Lipinski definition) is 4. The fourth-order valence-corrected chi connectivity index (χ4v) is 2.71. The molecule has 0 bridgehead atoms. The summed E-state index contributed by atoms with van der Waals surface area (Å²) in [5.74, 6) is 1.47. The molecule has 1 aromatic rings. The minimum atomic E-state index is -0.162. The van der Waals surface area contributed by atoms with Crippen LogP contribution < -0.4 is 5.32 Å². The number of nitrogens with one attached hydrogen (secondary N) is 1. The predicted molar refractivity (Wildman–Crippen MR) is 75.5 cm³/mol. The Kier molecular flexibility index (Phi) is 5.17. The third kappa shape index (κ3) is 3.60. The molecular weight excluding hydrogens is 256 g/mol. The Morgan fingerprint density at radius 1 is 1.55 bits per heavy atom. The molecule has 0 aromatic carbocycles. The van der Waals surface area contributed by atoms with E-state index in [1.807, 2.05) is 0 Å². The second kappa shape index (κ2) is 6.88. The maximum atomic E-state index is 12.0. The van der Waals surface area contributed by atoms with Crippen molar-refractivity contribution in [1.82, 2.24) is 10.5 Å². The average Bonchev–Trinajstić information content (AvgIpc) is 3.04. The van der Waals surface area contributed by atoms with Crippen molar-refractivity contribution in [3.63, 3.8) is 0 Å². The first-order valence-electron chi connectivity index (χ1n) is 7.47. The Bertz CT molecular complexity index is 442. The lowest BCUT2D eigenvalue weighted by molar-refractivity contribution is 0.0533. The second-order valence-corrected chi connectivity index (χ2v) is 5.77. The molecule has 2 rings (SSSR count). The molecule has 0 spiro atoms. The highest BCUT2D eigenvalue weighted by molar-refractivity contribution is 5.92. The van der Waals surface area contributed by atoms with Gasteiger partial charge in [-0.3, -0.25) is 4.79 Å². The van der Waals surface area contributed by atoms with E-state index in [4.69, 9.17) is 9.26 Å². The van der Waals surface area contributed by atoms with Crippen LogP contribution in [0.4, 0.5) is 0 Å². The van der Waals surface area contributed by atoms with Crippen LogP contribution >= 0.6 is 0 Å². The summed E-state index contributed by atoms with van der Waals surface area (Å²) in [7, 11) is 0. The zero-order chi connectivity index (χ0) is 14.5. The van der Waals surface area contributed by atoms with Crippen LogP contribution in [0.25, 0.3) is 0 Å². The zero-order valence-electron chi connectivity index (χ0n) is 12.5. The Morgan fingerprint density at radius 2 is 2.35 bits per heavy atom. The van der Waals surface area contributed by atoms with E-state index in [0.717, 1.165) is 31.6 Å². The summed E-state index contributed by atoms with van der Waals surface area (Å²) in [6.07, 6.45) is 3.03. The van der Waals surface area contributed by atoms with Crippen molar-refractivity contribution >= 4 is 5.91 Å². The summed E-state index contributed by atoms with van der Waals surface area (Å²) in [5, 5.41) is 6.76. The minimum Gasteiger partial charge on any atom is -0.378 e. The molecule has 0 saturated carbocycles. The molecule has 20 heavy (non-hydrogen) atoms. The molecule has 0 unspecified atom stereocenters. The normalized spacial score (nSPS) is 22.4. The molecule has 5 nitrogen and oxygen atoms in total. The van der Waals surface area contributed by atoms with Gasteiger partial charge in [0.05, 0.1) is 6.10 Å². The van der Waals surface area contributed by atoms with E-state index in [1.54, 1.807) is 6.07 Å². The molecule has 112 valence electrons. The average molecular weight is 280 g/mol. The van der Waals surface area contributed by atoms with Gasteiger partial charge < -0.3 is 14.6 Å². The highest BCUT2D eigenvalue weighted by Gasteiger charge is 2.31. The standard InChI is InChI=1S/C15H24N2O3/c1-4-5-12-8-13(17-20-12)15(18)16-9-11-6-7-19-14(11)10(2)3/h8,10-11,14H,4-7,9H2,1-3H3,(H,16,18)/t11-,14-/m1/s1. The van der Waals surface area contributed by atoms with Crippen molar-refractivity contribution in [1.29, 1.82) is 0 Å². The van der Waals surface area contributed by atoms with Crippen LogP contribution in [-0.4, -0.2) is 30.3 Å². The summed E-state index contributed by atoms with van der Waals surface area (Å²) in [6.45, 7) is 7.79. The molecule has 0 radical (unpaired) electrons. The smallest absolute Gasteiger partial charge is 0.273 e. The zero-order valence-corrected chi connectivity index (χ0v) is 12.5. The minimum absolute atomic E-state index is 0.162. The number of nitrogens with zero attached hydrogens (tertiary/aromatic N) is 1. The number of hydrogen-bond donors (Lipinski definition) is 1. The van der Waals surface area contributed by atoms with Crippen molar-refractivity contribution in [2.24, 2.45) is 11.8 Å². The van der Waals surface area contributed by atoms with Crippen LogP contribution in [0.5, 0.6) is 0 Å². The molecule has 1 saturated heterocycles. The number of amides is 1. The molecule has 1 aliphatic heterocycles. The fraction of sp³-hybridized carbons (Fsp3) is 0.733. The number of carbonyl (C=O) groups is 1. The van der Waals surface area contributed by atoms with Crippen LogP contribution in [0.2, 0.25) is 0 Å². The Morgan fingerprint density at radius 3 is 3.05 bits per heavy atom. The third-order valence-corrected chi connectivity index (χ3v) is 3.73. The first-order valence-corrected chi connectivity index (χ1v) is 7.47. The van der Waals surface area contributed by atoms with E-state index in [1.165, 1.54) is 0 Å². The largest absolute Gasteiger partial charge is 0.378 e. The van der Waals surface area contributed by atoms with Gasteiger partial charge in [-0.15, -0.1) is 0 Å². The Labute approximate surface area is 120 Å². The number of aryl methyl sites for hydroxylation is 1. The van der Waals surface area contributed by atoms with Gasteiger partial charge in [-0.05, 0) is 18.8 Å². The first kappa shape index (κ1) is 15.0. The van der Waals surface area contributed by atoms with E-state index in [2.05, 4.69) is 31.2 Å². The number of aromatic nitrogens is 1. The van der Waals surface area contributed by atoms with E-state index >= 15 is 0 Å². The lowest BCUT2D eigenvalue weighted by atomic mass is 9.93. The van der Waals surface area contributed by atoms with Crippen LogP contribution in [-0.2, 0) is 11.2 Å². The predicted octanol–water partition coefficient (Wildman–Crippen LogP) is 2.42. The summed E-state index contributed by atoms with van der Waals surface area (Å²) in [6, 6.07) is 1.73. The van der Waals surface area contributed by atoms with Gasteiger partial charge in [-0.1, -0.05) is 25.9 Å². The van der Waals surface area contributed by atoms with Crippen LogP contribution in [0.1, 0.15) is 49.9 Å². The molecule has 2 heterocycles. The highest BCUT2D eigenvalue weighted by atomic mass is 16.5. The summed E-state index contributed by atoms with van der Waals surface area (Å²) >= 11 is 0. The summed E-state index contributed by atoms with van der Waals surface area (Å²) in [5.41, 5.74) is 0.369. The van der Waals surface area contributed by atoms with Gasteiger partial charge in [0.1, 0.15) is 5.76 Å². The van der Waals surface area contributed by atoms with Crippen LogP contribution in [0, 0.1) is 11.8 Å². The lowest BCUT2D eigenvalue weighted by Crippen LogP contribution is -2.35. The lowest BCUT2D eigenvalue weighted by Gasteiger charge is -2.21. The summed E-state index contributed by atoms with van der Waals surface area (Å²) < 4.78 is 10.8. The molecule has 1 N–H and O–H groups in total. The maximum absolute atomic E-state index is 12.0. The molecule has 1 aliphatic rings. The SMILES string of the molecule is CCCc1cc(C(=O)NC[C@H]2CCO[C@@H]2C(C)C)no1. The van der Waals surface area contributed by atoms with Gasteiger partial charge in [-0.25, -0.2) is 0 Å². The molecule has 2 atom stereocenters. The van der Waals surface area contributed by atoms with Gasteiger partial charge >= 0.3 is 0 Å². The van der Waals surface area contributed by atoms with E-state index < -0.39 is 0 Å². The fourth-order valence-electron chi connectivity index (χ4n) is 2.71. The monoisotopic (exact) mass is 280 g/mol. The molecule has 1 aromatic heterocycles. The second-order valence-electron chi connectivity index (χ2n) is 5.77. The van der Waals surface area contributed by atoms with Crippen LogP contribution in [0.3, 0.4) is 0 Å². The third-order valence-electron chi connectivity index (χ3n) is 3.73. The van der Waals surface area contributed by atoms with E-state index in [-0.39, 0.29) is 12.0 Å². The molecule has 1 amide bonds. The van der Waals surface area contributed by atoms with Gasteiger partial charge in [0.2, 0.25) is 0 Å². The van der Waals surface area contributed by atoms with E-state index in [9.17, 15) is 4.79 Å². The quantitative estimate of drug-likeness (QED) is 0.869. The molecular formula is C15H24N2O3. The van der Waals surface area contributed by atoms with Gasteiger partial charge in [0, 0.05) is 31.6 Å².